The Balaban J connectivity index is 1.62. The van der Waals surface area contributed by atoms with Gasteiger partial charge < -0.3 is 9.80 Å². The minimum atomic E-state index is 0.706. The zero-order valence-corrected chi connectivity index (χ0v) is 12.4. The number of hydrogen-bond donors (Lipinski definition) is 0. The lowest BCUT2D eigenvalue weighted by molar-refractivity contribution is 0.250. The van der Waals surface area contributed by atoms with Crippen molar-refractivity contribution in [2.45, 2.75) is 18.9 Å². The van der Waals surface area contributed by atoms with E-state index < -0.39 is 0 Å². The summed E-state index contributed by atoms with van der Waals surface area (Å²) in [6.07, 6.45) is 2.59. The molecule has 0 spiro atoms. The molecule has 0 radical (unpaired) electrons. The van der Waals surface area contributed by atoms with Crippen LogP contribution in [0.5, 0.6) is 0 Å². The molecule has 2 aromatic heterocycles. The summed E-state index contributed by atoms with van der Waals surface area (Å²) in [6.45, 7) is 4.87. The second kappa shape index (κ2) is 4.89. The second-order valence-electron chi connectivity index (χ2n) is 5.29. The average Bonchev–Trinajstić information content (AvgIpc) is 3.05. The first-order valence-corrected chi connectivity index (χ1v) is 8.55. The van der Waals surface area contributed by atoms with Gasteiger partial charge in [-0.1, -0.05) is 6.07 Å². The molecule has 0 unspecified atom stereocenters. The highest BCUT2D eigenvalue weighted by molar-refractivity contribution is 7.18. The highest BCUT2D eigenvalue weighted by atomic mass is 32.1. The van der Waals surface area contributed by atoms with Crippen molar-refractivity contribution in [1.82, 2.24) is 9.27 Å². The molecule has 2 bridgehead atoms. The van der Waals surface area contributed by atoms with E-state index >= 15 is 0 Å². The Morgan fingerprint density at radius 3 is 2.79 bits per heavy atom. The molecule has 3 aliphatic heterocycles. The van der Waals surface area contributed by atoms with Crippen molar-refractivity contribution in [2.24, 2.45) is 0 Å². The van der Waals surface area contributed by atoms with E-state index in [1.54, 1.807) is 22.9 Å². The number of rotatable bonds is 2. The molecule has 2 aromatic rings. The van der Waals surface area contributed by atoms with Crippen molar-refractivity contribution in [1.29, 1.82) is 0 Å². The van der Waals surface area contributed by atoms with Crippen molar-refractivity contribution in [3.8, 4) is 9.75 Å². The molecule has 5 heteroatoms. The predicted molar refractivity (Wildman–Crippen MR) is 82.2 cm³/mol. The second-order valence-corrected chi connectivity index (χ2v) is 7.05. The summed E-state index contributed by atoms with van der Waals surface area (Å²) in [6, 6.07) is 7.28. The third kappa shape index (κ3) is 2.20. The maximum Gasteiger partial charge on any atom is 0.143 e. The van der Waals surface area contributed by atoms with Gasteiger partial charge in [-0.25, -0.2) is 0 Å². The van der Waals surface area contributed by atoms with E-state index in [2.05, 4.69) is 33.4 Å². The lowest BCUT2D eigenvalue weighted by Crippen LogP contribution is -2.38. The maximum atomic E-state index is 4.71. The smallest absolute Gasteiger partial charge is 0.143 e. The van der Waals surface area contributed by atoms with Crippen LogP contribution in [-0.4, -0.2) is 41.5 Å². The topological polar surface area (TPSA) is 19.4 Å². The summed E-state index contributed by atoms with van der Waals surface area (Å²) in [5, 5.41) is 2.13. The van der Waals surface area contributed by atoms with Crippen LogP contribution in [-0.2, 0) is 0 Å². The fraction of sp³-hybridized carbons (Fsp3) is 0.500. The molecule has 0 amide bonds. The van der Waals surface area contributed by atoms with Crippen LogP contribution in [0.2, 0.25) is 0 Å². The fourth-order valence-corrected chi connectivity index (χ4v) is 4.68. The normalized spacial score (nSPS) is 26.6. The number of hydrogen-bond acceptors (Lipinski definition) is 5. The molecule has 0 atom stereocenters. The molecule has 3 saturated heterocycles. The van der Waals surface area contributed by atoms with Crippen LogP contribution >= 0.6 is 22.9 Å². The van der Waals surface area contributed by atoms with Gasteiger partial charge in [-0.15, -0.1) is 11.3 Å². The SMILES string of the molecule is c1csc(-c2cc(N3CCN4CCC3CC4)ns2)c1. The van der Waals surface area contributed by atoms with Gasteiger partial charge in [0.25, 0.3) is 0 Å². The molecular weight excluding hydrogens is 274 g/mol. The van der Waals surface area contributed by atoms with E-state index in [1.165, 1.54) is 48.0 Å². The summed E-state index contributed by atoms with van der Waals surface area (Å²) >= 11 is 3.44. The van der Waals surface area contributed by atoms with Gasteiger partial charge in [-0.05, 0) is 35.8 Å². The Hall–Kier alpha value is -0.910. The molecular formula is C14H17N3S2. The van der Waals surface area contributed by atoms with Crippen LogP contribution in [0.4, 0.5) is 5.82 Å². The van der Waals surface area contributed by atoms with E-state index in [0.717, 1.165) is 6.54 Å². The molecule has 3 aliphatic rings. The predicted octanol–water partition coefficient (Wildman–Crippen LogP) is 3.16. The highest BCUT2D eigenvalue weighted by Crippen LogP contribution is 2.34. The lowest BCUT2D eigenvalue weighted by Gasteiger charge is -2.31. The van der Waals surface area contributed by atoms with Gasteiger partial charge in [0.05, 0.1) is 4.88 Å². The zero-order chi connectivity index (χ0) is 12.7. The molecule has 3 nitrogen and oxygen atoms in total. The third-order valence-electron chi connectivity index (χ3n) is 4.21. The number of thiophene rings is 1. The van der Waals surface area contributed by atoms with Gasteiger partial charge in [-0.3, -0.25) is 0 Å². The number of aromatic nitrogens is 1. The molecule has 0 N–H and O–H groups in total. The Morgan fingerprint density at radius 2 is 2.00 bits per heavy atom. The van der Waals surface area contributed by atoms with Crippen LogP contribution in [0, 0.1) is 0 Å². The molecule has 0 saturated carbocycles. The largest absolute Gasteiger partial charge is 0.351 e. The van der Waals surface area contributed by atoms with Crippen LogP contribution in [0.25, 0.3) is 9.75 Å². The van der Waals surface area contributed by atoms with Crippen LogP contribution in [0.15, 0.2) is 23.6 Å². The monoisotopic (exact) mass is 291 g/mol. The van der Waals surface area contributed by atoms with E-state index in [0.29, 0.717) is 6.04 Å². The van der Waals surface area contributed by atoms with E-state index in [-0.39, 0.29) is 0 Å². The van der Waals surface area contributed by atoms with Gasteiger partial charge in [0.1, 0.15) is 5.82 Å². The highest BCUT2D eigenvalue weighted by Gasteiger charge is 2.30. The van der Waals surface area contributed by atoms with Crippen LogP contribution in [0.3, 0.4) is 0 Å². The van der Waals surface area contributed by atoms with Crippen LogP contribution in [0.1, 0.15) is 12.8 Å². The summed E-state index contributed by atoms with van der Waals surface area (Å²) in [7, 11) is 0. The summed E-state index contributed by atoms with van der Waals surface area (Å²) in [4.78, 5) is 7.78. The Kier molecular flexibility index (Phi) is 3.06. The molecule has 5 rings (SSSR count). The molecule has 3 fully saturated rings. The van der Waals surface area contributed by atoms with Crippen molar-refractivity contribution in [3.05, 3.63) is 23.6 Å². The van der Waals surface area contributed by atoms with Crippen molar-refractivity contribution >= 4 is 28.7 Å². The summed E-state index contributed by atoms with van der Waals surface area (Å²) < 4.78 is 4.71. The van der Waals surface area contributed by atoms with E-state index in [1.807, 2.05) is 0 Å². The minimum Gasteiger partial charge on any atom is -0.351 e. The minimum absolute atomic E-state index is 0.706. The van der Waals surface area contributed by atoms with Gasteiger partial charge in [-0.2, -0.15) is 4.37 Å². The molecule has 0 aromatic carbocycles. The maximum absolute atomic E-state index is 4.71. The molecule has 19 heavy (non-hydrogen) atoms. The molecule has 5 heterocycles. The summed E-state index contributed by atoms with van der Waals surface area (Å²) in [5.74, 6) is 1.20. The Morgan fingerprint density at radius 1 is 1.11 bits per heavy atom. The standard InChI is InChI=1S/C14H17N3S2/c1-2-12(18-9-1)13-10-14(15-19-13)17-8-7-16-5-3-11(17)4-6-16/h1-2,9-11H,3-8H2. The van der Waals surface area contributed by atoms with Gasteiger partial charge in [0.2, 0.25) is 0 Å². The van der Waals surface area contributed by atoms with Gasteiger partial charge >= 0.3 is 0 Å². The van der Waals surface area contributed by atoms with E-state index in [9.17, 15) is 0 Å². The zero-order valence-electron chi connectivity index (χ0n) is 10.8. The van der Waals surface area contributed by atoms with Crippen molar-refractivity contribution in [3.63, 3.8) is 0 Å². The first kappa shape index (κ1) is 11.9. The number of anilines is 1. The number of nitrogens with zero attached hydrogens (tertiary/aromatic N) is 3. The van der Waals surface area contributed by atoms with Crippen molar-refractivity contribution < 1.29 is 0 Å². The fourth-order valence-electron chi connectivity index (χ4n) is 3.12. The van der Waals surface area contributed by atoms with Crippen LogP contribution < -0.4 is 4.90 Å². The van der Waals surface area contributed by atoms with E-state index in [4.69, 9.17) is 4.37 Å². The average molecular weight is 291 g/mol. The molecule has 100 valence electrons. The number of piperidine rings is 1. The first-order chi connectivity index (χ1) is 9.40. The summed E-state index contributed by atoms with van der Waals surface area (Å²) in [5.41, 5.74) is 0. The molecule has 0 aliphatic carbocycles. The quantitative estimate of drug-likeness (QED) is 0.847. The van der Waals surface area contributed by atoms with Gasteiger partial charge in [0.15, 0.2) is 0 Å². The Labute approximate surface area is 121 Å². The third-order valence-corrected chi connectivity index (χ3v) is 6.06. The number of fused-ring (bicyclic) bond motifs is 4. The first-order valence-electron chi connectivity index (χ1n) is 6.90. The van der Waals surface area contributed by atoms with Crippen molar-refractivity contribution in [2.75, 3.05) is 31.1 Å². The lowest BCUT2D eigenvalue weighted by atomic mass is 10.1. The Bertz CT molecular complexity index is 541. The van der Waals surface area contributed by atoms with Gasteiger partial charge in [0, 0.05) is 43.2 Å².